The number of anilines is 1. The molecule has 4 rings (SSSR count). The zero-order chi connectivity index (χ0) is 20.9. The molecule has 3 aromatic rings. The number of H-pyrrole nitrogens is 1. The van der Waals surface area contributed by atoms with E-state index in [0.717, 1.165) is 0 Å². The number of nitrogens with one attached hydrogen (secondary N) is 2. The molecule has 1 fully saturated rings. The second-order valence-electron chi connectivity index (χ2n) is 7.30. The summed E-state index contributed by atoms with van der Waals surface area (Å²) in [6, 6.07) is 3.13. The van der Waals surface area contributed by atoms with Gasteiger partial charge in [-0.25, -0.2) is 9.97 Å². The van der Waals surface area contributed by atoms with Gasteiger partial charge >= 0.3 is 0 Å². The molecule has 11 nitrogen and oxygen atoms in total. The molecule has 0 saturated carbocycles. The molecule has 1 aromatic carbocycles. The van der Waals surface area contributed by atoms with Crippen LogP contribution >= 0.6 is 0 Å². The van der Waals surface area contributed by atoms with Gasteiger partial charge in [0.15, 0.2) is 6.23 Å². The van der Waals surface area contributed by atoms with Crippen LogP contribution in [0.25, 0.3) is 21.9 Å². The Kier molecular flexibility index (Phi) is 4.82. The van der Waals surface area contributed by atoms with E-state index in [1.807, 2.05) is 0 Å². The number of ether oxygens (including phenoxy) is 1. The lowest BCUT2D eigenvalue weighted by atomic mass is 10.1. The van der Waals surface area contributed by atoms with Crippen LogP contribution in [0.3, 0.4) is 0 Å². The Morgan fingerprint density at radius 2 is 2.07 bits per heavy atom. The second-order valence-corrected chi connectivity index (χ2v) is 7.30. The third kappa shape index (κ3) is 3.27. The zero-order valence-electron chi connectivity index (χ0n) is 15.7. The van der Waals surface area contributed by atoms with Crippen LogP contribution in [0, 0.1) is 5.92 Å². The molecular weight excluding hydrogens is 382 g/mol. The first-order chi connectivity index (χ1) is 13.8. The van der Waals surface area contributed by atoms with Crippen molar-refractivity contribution in [2.24, 2.45) is 5.92 Å². The molecule has 1 aliphatic heterocycles. The van der Waals surface area contributed by atoms with Gasteiger partial charge in [-0.05, 0) is 12.1 Å². The maximum atomic E-state index is 12.5. The maximum absolute atomic E-state index is 12.5. The van der Waals surface area contributed by atoms with Gasteiger partial charge < -0.3 is 24.6 Å². The molecule has 0 spiro atoms. The number of imidazole rings is 1. The van der Waals surface area contributed by atoms with E-state index in [9.17, 15) is 24.9 Å². The third-order valence-corrected chi connectivity index (χ3v) is 4.96. The standard InChI is InChI=1S/C18H21N5O6/c1-7(2)15(27)21-18-20-9-4-10-11(3-8(9)16(28)22-18)23(6-19-10)17-14(26)13(25)12(5-24)29-17/h3-4,6-7,12-14,17,24-26H,5H2,1-2H3,(H2,20,21,22,27,28)/t12-,13-,14-,17-/m1/s1. The summed E-state index contributed by atoms with van der Waals surface area (Å²) in [5.74, 6) is -0.504. The number of aromatic nitrogens is 4. The molecule has 0 bridgehead atoms. The minimum Gasteiger partial charge on any atom is -0.394 e. The lowest BCUT2D eigenvalue weighted by Gasteiger charge is -2.17. The fourth-order valence-electron chi connectivity index (χ4n) is 3.29. The molecular formula is C18H21N5O6. The third-order valence-electron chi connectivity index (χ3n) is 4.96. The molecule has 1 saturated heterocycles. The van der Waals surface area contributed by atoms with E-state index < -0.39 is 36.7 Å². The normalized spacial score (nSPS) is 24.6. The van der Waals surface area contributed by atoms with Crippen molar-refractivity contribution in [3.05, 3.63) is 28.8 Å². The van der Waals surface area contributed by atoms with Crippen LogP contribution in [-0.2, 0) is 9.53 Å². The molecule has 0 aliphatic carbocycles. The van der Waals surface area contributed by atoms with Crippen LogP contribution in [0.4, 0.5) is 5.95 Å². The van der Waals surface area contributed by atoms with Crippen molar-refractivity contribution in [1.29, 1.82) is 0 Å². The quantitative estimate of drug-likeness (QED) is 0.388. The number of aromatic amines is 1. The Morgan fingerprint density at radius 3 is 2.72 bits per heavy atom. The molecule has 3 heterocycles. The Hall–Kier alpha value is -2.86. The van der Waals surface area contributed by atoms with Gasteiger partial charge in [0.25, 0.3) is 5.56 Å². The molecule has 5 N–H and O–H groups in total. The Balaban J connectivity index is 1.77. The summed E-state index contributed by atoms with van der Waals surface area (Å²) >= 11 is 0. The summed E-state index contributed by atoms with van der Waals surface area (Å²) < 4.78 is 7.03. The van der Waals surface area contributed by atoms with E-state index in [0.29, 0.717) is 16.6 Å². The number of rotatable bonds is 4. The number of aliphatic hydroxyl groups excluding tert-OH is 3. The van der Waals surface area contributed by atoms with Crippen molar-refractivity contribution >= 4 is 33.8 Å². The maximum Gasteiger partial charge on any atom is 0.260 e. The summed E-state index contributed by atoms with van der Waals surface area (Å²) in [5, 5.41) is 32.4. The van der Waals surface area contributed by atoms with E-state index in [4.69, 9.17) is 4.74 Å². The second kappa shape index (κ2) is 7.19. The topological polar surface area (TPSA) is 163 Å². The molecule has 1 aliphatic rings. The van der Waals surface area contributed by atoms with Crippen LogP contribution in [0.5, 0.6) is 0 Å². The number of aliphatic hydroxyl groups is 3. The van der Waals surface area contributed by atoms with Crippen LogP contribution < -0.4 is 10.9 Å². The fraction of sp³-hybridized carbons (Fsp3) is 0.444. The SMILES string of the molecule is CC(C)C(=O)Nc1nc2cc3ncn([C@@H]4O[C@H](CO)[C@@H](O)[C@H]4O)c3cc2c(=O)[nH]1. The lowest BCUT2D eigenvalue weighted by Crippen LogP contribution is -2.33. The summed E-state index contributed by atoms with van der Waals surface area (Å²) in [5.41, 5.74) is 0.852. The number of fused-ring (bicyclic) bond motifs is 2. The van der Waals surface area contributed by atoms with Crippen molar-refractivity contribution < 1.29 is 24.9 Å². The number of hydrogen-bond acceptors (Lipinski definition) is 8. The van der Waals surface area contributed by atoms with E-state index >= 15 is 0 Å². The molecule has 0 unspecified atom stereocenters. The molecule has 4 atom stereocenters. The van der Waals surface area contributed by atoms with Crippen molar-refractivity contribution in [3.8, 4) is 0 Å². The van der Waals surface area contributed by atoms with Gasteiger partial charge in [-0.3, -0.25) is 19.9 Å². The Morgan fingerprint density at radius 1 is 1.31 bits per heavy atom. The van der Waals surface area contributed by atoms with E-state index in [2.05, 4.69) is 20.3 Å². The highest BCUT2D eigenvalue weighted by Gasteiger charge is 2.43. The molecule has 11 heteroatoms. The van der Waals surface area contributed by atoms with Crippen LogP contribution in [0.1, 0.15) is 20.1 Å². The van der Waals surface area contributed by atoms with Gasteiger partial charge in [-0.2, -0.15) is 0 Å². The summed E-state index contributed by atoms with van der Waals surface area (Å²) in [6.45, 7) is 3.00. The van der Waals surface area contributed by atoms with Crippen molar-refractivity contribution in [3.63, 3.8) is 0 Å². The average Bonchev–Trinajstić information content (AvgIpc) is 3.21. The highest BCUT2D eigenvalue weighted by atomic mass is 16.6. The number of hydrogen-bond donors (Lipinski definition) is 5. The number of nitrogens with zero attached hydrogens (tertiary/aromatic N) is 3. The van der Waals surface area contributed by atoms with Crippen LogP contribution in [-0.4, -0.2) is 65.7 Å². The molecule has 154 valence electrons. The predicted octanol–water partition coefficient (Wildman–Crippen LogP) is -0.521. The minimum absolute atomic E-state index is 0.0449. The predicted molar refractivity (Wildman–Crippen MR) is 102 cm³/mol. The van der Waals surface area contributed by atoms with Crippen molar-refractivity contribution in [2.45, 2.75) is 38.4 Å². The first-order valence-corrected chi connectivity index (χ1v) is 9.14. The van der Waals surface area contributed by atoms with Crippen LogP contribution in [0.2, 0.25) is 0 Å². The smallest absolute Gasteiger partial charge is 0.260 e. The van der Waals surface area contributed by atoms with Gasteiger partial charge in [0.05, 0.1) is 34.9 Å². The minimum atomic E-state index is -1.27. The van der Waals surface area contributed by atoms with Gasteiger partial charge in [-0.15, -0.1) is 0 Å². The molecule has 1 amide bonds. The van der Waals surface area contributed by atoms with Crippen molar-refractivity contribution in [1.82, 2.24) is 19.5 Å². The van der Waals surface area contributed by atoms with E-state index in [1.165, 1.54) is 10.9 Å². The van der Waals surface area contributed by atoms with E-state index in [-0.39, 0.29) is 23.2 Å². The lowest BCUT2D eigenvalue weighted by molar-refractivity contribution is -0.118. The highest BCUT2D eigenvalue weighted by Crippen LogP contribution is 2.32. The van der Waals surface area contributed by atoms with Gasteiger partial charge in [0, 0.05) is 5.92 Å². The summed E-state index contributed by atoms with van der Waals surface area (Å²) in [6.07, 6.45) is -3.00. The van der Waals surface area contributed by atoms with Gasteiger partial charge in [0.1, 0.15) is 18.3 Å². The molecule has 2 aromatic heterocycles. The number of carbonyl (C=O) groups is 1. The number of benzene rings is 1. The largest absolute Gasteiger partial charge is 0.394 e. The zero-order valence-corrected chi connectivity index (χ0v) is 15.7. The van der Waals surface area contributed by atoms with Crippen LogP contribution in [0.15, 0.2) is 23.3 Å². The van der Waals surface area contributed by atoms with Gasteiger partial charge in [-0.1, -0.05) is 13.8 Å². The summed E-state index contributed by atoms with van der Waals surface area (Å²) in [7, 11) is 0. The summed E-state index contributed by atoms with van der Waals surface area (Å²) in [4.78, 5) is 35.5. The van der Waals surface area contributed by atoms with Crippen molar-refractivity contribution in [2.75, 3.05) is 11.9 Å². The molecule has 29 heavy (non-hydrogen) atoms. The number of amides is 1. The number of carbonyl (C=O) groups excluding carboxylic acids is 1. The van der Waals surface area contributed by atoms with Gasteiger partial charge in [0.2, 0.25) is 11.9 Å². The fourth-order valence-corrected chi connectivity index (χ4v) is 3.29. The Labute approximate surface area is 164 Å². The first kappa shape index (κ1) is 19.5. The highest BCUT2D eigenvalue weighted by molar-refractivity contribution is 5.95. The molecule has 0 radical (unpaired) electrons. The monoisotopic (exact) mass is 403 g/mol. The first-order valence-electron chi connectivity index (χ1n) is 9.14. The average molecular weight is 403 g/mol. The Bertz CT molecular complexity index is 1140. The van der Waals surface area contributed by atoms with E-state index in [1.54, 1.807) is 26.0 Å².